The van der Waals surface area contributed by atoms with E-state index >= 15 is 0 Å². The fraction of sp³-hybridized carbons (Fsp3) is 0.286. The highest BCUT2D eigenvalue weighted by Gasteiger charge is 2.27. The maximum atomic E-state index is 13.0. The number of rotatable bonds is 5. The lowest BCUT2D eigenvalue weighted by molar-refractivity contribution is 0.0705. The summed E-state index contributed by atoms with van der Waals surface area (Å²) in [6, 6.07) is 12.9. The average Bonchev–Trinajstić information content (AvgIpc) is 2.78. The van der Waals surface area contributed by atoms with Crippen molar-refractivity contribution in [3.8, 4) is 0 Å². The van der Waals surface area contributed by atoms with E-state index in [1.165, 1.54) is 12.4 Å². The van der Waals surface area contributed by atoms with Gasteiger partial charge >= 0.3 is 0 Å². The Morgan fingerprint density at radius 3 is 2.60 bits per heavy atom. The molecule has 0 saturated carbocycles. The van der Waals surface area contributed by atoms with Crippen LogP contribution in [0.2, 0.25) is 0 Å². The lowest BCUT2D eigenvalue weighted by Crippen LogP contribution is -2.39. The normalized spacial score (nSPS) is 17.1. The van der Waals surface area contributed by atoms with Gasteiger partial charge in [-0.05, 0) is 41.7 Å². The first-order valence-electron chi connectivity index (χ1n) is 9.69. The number of fused-ring (bicyclic) bond motifs is 1. The smallest absolute Gasteiger partial charge is 0.277 e. The molecule has 0 radical (unpaired) electrons. The molecule has 1 aliphatic rings. The Morgan fingerprint density at radius 1 is 1.13 bits per heavy atom. The number of aromatic nitrogens is 2. The summed E-state index contributed by atoms with van der Waals surface area (Å²) in [6.45, 7) is 1.25. The number of piperidine rings is 1. The molecule has 1 saturated heterocycles. The van der Waals surface area contributed by atoms with Gasteiger partial charge in [-0.25, -0.2) is 23.9 Å². The SMILES string of the molecule is O=C(NO)c1cnc(N2CCCC(CS(=O)(=O)c3ccc4ccccc4c3)C2)nc1. The van der Waals surface area contributed by atoms with E-state index in [2.05, 4.69) is 9.97 Å². The molecule has 2 aromatic carbocycles. The second-order valence-electron chi connectivity index (χ2n) is 7.46. The molecule has 30 heavy (non-hydrogen) atoms. The summed E-state index contributed by atoms with van der Waals surface area (Å²) in [7, 11) is -3.43. The van der Waals surface area contributed by atoms with Crippen molar-refractivity contribution >= 4 is 32.5 Å². The van der Waals surface area contributed by atoms with Crippen molar-refractivity contribution in [1.29, 1.82) is 0 Å². The second kappa shape index (κ2) is 8.37. The molecular formula is C21H22N4O4S. The van der Waals surface area contributed by atoms with E-state index in [-0.39, 0.29) is 17.2 Å². The third kappa shape index (κ3) is 4.27. The highest BCUT2D eigenvalue weighted by molar-refractivity contribution is 7.91. The molecule has 0 bridgehead atoms. The van der Waals surface area contributed by atoms with Gasteiger partial charge in [-0.15, -0.1) is 0 Å². The third-order valence-electron chi connectivity index (χ3n) is 5.34. The zero-order valence-electron chi connectivity index (χ0n) is 16.2. The number of nitrogens with zero attached hydrogens (tertiary/aromatic N) is 3. The van der Waals surface area contributed by atoms with E-state index < -0.39 is 15.7 Å². The Bertz CT molecular complexity index is 1170. The van der Waals surface area contributed by atoms with Crippen molar-refractivity contribution in [2.24, 2.45) is 5.92 Å². The highest BCUT2D eigenvalue weighted by atomic mass is 32.2. The Hall–Kier alpha value is -3.04. The number of carbonyl (C=O) groups is 1. The summed E-state index contributed by atoms with van der Waals surface area (Å²) >= 11 is 0. The van der Waals surface area contributed by atoms with Crippen LogP contribution in [0.5, 0.6) is 0 Å². The first-order chi connectivity index (χ1) is 14.5. The number of nitrogens with one attached hydrogen (secondary N) is 1. The summed E-state index contributed by atoms with van der Waals surface area (Å²) in [5.41, 5.74) is 1.69. The van der Waals surface area contributed by atoms with Crippen LogP contribution >= 0.6 is 0 Å². The van der Waals surface area contributed by atoms with Crippen LogP contribution in [-0.4, -0.2) is 48.3 Å². The zero-order valence-corrected chi connectivity index (χ0v) is 17.0. The number of hydroxylamine groups is 1. The van der Waals surface area contributed by atoms with Crippen LogP contribution in [0.1, 0.15) is 23.2 Å². The molecule has 1 aliphatic heterocycles. The minimum Gasteiger partial charge on any atom is -0.341 e. The summed E-state index contributed by atoms with van der Waals surface area (Å²) in [6.07, 6.45) is 4.32. The van der Waals surface area contributed by atoms with Crippen molar-refractivity contribution < 1.29 is 18.4 Å². The van der Waals surface area contributed by atoms with E-state index in [0.717, 1.165) is 30.2 Å². The Labute approximate surface area is 174 Å². The van der Waals surface area contributed by atoms with Crippen LogP contribution in [0.15, 0.2) is 59.8 Å². The minimum atomic E-state index is -3.43. The summed E-state index contributed by atoms with van der Waals surface area (Å²) in [5, 5.41) is 10.6. The molecule has 1 unspecified atom stereocenters. The molecule has 1 aromatic heterocycles. The van der Waals surface area contributed by atoms with Crippen molar-refractivity contribution in [2.75, 3.05) is 23.7 Å². The topological polar surface area (TPSA) is 112 Å². The minimum absolute atomic E-state index is 0.0424. The van der Waals surface area contributed by atoms with Crippen LogP contribution in [0.4, 0.5) is 5.95 Å². The standard InChI is InChI=1S/C21H22N4O4S/c26-20(24-27)18-11-22-21(23-12-18)25-9-3-4-15(13-25)14-30(28,29)19-8-7-16-5-1-2-6-17(16)10-19/h1-2,5-8,10-12,15,27H,3-4,9,13-14H2,(H,24,26). The van der Waals surface area contributed by atoms with Gasteiger partial charge in [0.15, 0.2) is 9.84 Å². The first kappa shape index (κ1) is 20.2. The number of sulfone groups is 1. The fourth-order valence-electron chi connectivity index (χ4n) is 3.82. The maximum absolute atomic E-state index is 13.0. The quantitative estimate of drug-likeness (QED) is 0.476. The summed E-state index contributed by atoms with van der Waals surface area (Å²) < 4.78 is 26.0. The molecule has 1 fully saturated rings. The fourth-order valence-corrected chi connectivity index (χ4v) is 5.48. The molecule has 3 aromatic rings. The molecule has 1 amide bonds. The number of carbonyl (C=O) groups excluding carboxylic acids is 1. The summed E-state index contributed by atoms with van der Waals surface area (Å²) in [4.78, 5) is 22.1. The predicted octanol–water partition coefficient (Wildman–Crippen LogP) is 2.44. The molecule has 156 valence electrons. The molecule has 4 rings (SSSR count). The van der Waals surface area contributed by atoms with Crippen LogP contribution in [0.25, 0.3) is 10.8 Å². The lowest BCUT2D eigenvalue weighted by atomic mass is 10.0. The molecule has 0 spiro atoms. The number of hydrogen-bond acceptors (Lipinski definition) is 7. The number of hydrogen-bond donors (Lipinski definition) is 2. The predicted molar refractivity (Wildman–Crippen MR) is 112 cm³/mol. The molecule has 2 N–H and O–H groups in total. The molecule has 8 nitrogen and oxygen atoms in total. The Morgan fingerprint density at radius 2 is 1.87 bits per heavy atom. The van der Waals surface area contributed by atoms with Crippen molar-refractivity contribution in [3.63, 3.8) is 0 Å². The van der Waals surface area contributed by atoms with E-state index in [9.17, 15) is 13.2 Å². The molecule has 2 heterocycles. The van der Waals surface area contributed by atoms with Gasteiger partial charge in [-0.2, -0.15) is 0 Å². The van der Waals surface area contributed by atoms with Gasteiger partial charge in [0.1, 0.15) is 0 Å². The van der Waals surface area contributed by atoms with Gasteiger partial charge in [0.2, 0.25) is 5.95 Å². The Kier molecular flexibility index (Phi) is 5.65. The number of anilines is 1. The second-order valence-corrected chi connectivity index (χ2v) is 9.49. The van der Waals surface area contributed by atoms with Crippen LogP contribution in [0.3, 0.4) is 0 Å². The van der Waals surface area contributed by atoms with Gasteiger partial charge in [0.25, 0.3) is 5.91 Å². The van der Waals surface area contributed by atoms with Gasteiger partial charge < -0.3 is 4.90 Å². The summed E-state index contributed by atoms with van der Waals surface area (Å²) in [5.74, 6) is -0.219. The molecule has 0 aliphatic carbocycles. The largest absolute Gasteiger partial charge is 0.341 e. The monoisotopic (exact) mass is 426 g/mol. The highest BCUT2D eigenvalue weighted by Crippen LogP contribution is 2.26. The van der Waals surface area contributed by atoms with Crippen molar-refractivity contribution in [1.82, 2.24) is 15.4 Å². The van der Waals surface area contributed by atoms with Crippen LogP contribution in [0, 0.1) is 5.92 Å². The first-order valence-corrected chi connectivity index (χ1v) is 11.3. The van der Waals surface area contributed by atoms with Gasteiger partial charge in [0.05, 0.1) is 16.2 Å². The zero-order chi connectivity index (χ0) is 21.1. The van der Waals surface area contributed by atoms with E-state index in [1.807, 2.05) is 35.2 Å². The number of benzene rings is 2. The van der Waals surface area contributed by atoms with Gasteiger partial charge in [0, 0.05) is 25.5 Å². The molecular weight excluding hydrogens is 404 g/mol. The van der Waals surface area contributed by atoms with Gasteiger partial charge in [-0.1, -0.05) is 30.3 Å². The van der Waals surface area contributed by atoms with Gasteiger partial charge in [-0.3, -0.25) is 10.0 Å². The lowest BCUT2D eigenvalue weighted by Gasteiger charge is -2.32. The van der Waals surface area contributed by atoms with Crippen LogP contribution in [-0.2, 0) is 9.84 Å². The Balaban J connectivity index is 1.48. The van der Waals surface area contributed by atoms with E-state index in [4.69, 9.17) is 5.21 Å². The molecule has 9 heteroatoms. The van der Waals surface area contributed by atoms with Crippen LogP contribution < -0.4 is 10.4 Å². The van der Waals surface area contributed by atoms with Crippen molar-refractivity contribution in [2.45, 2.75) is 17.7 Å². The van der Waals surface area contributed by atoms with E-state index in [1.54, 1.807) is 17.6 Å². The van der Waals surface area contributed by atoms with E-state index in [0.29, 0.717) is 17.4 Å². The molecule has 1 atom stereocenters. The maximum Gasteiger partial charge on any atom is 0.277 e. The average molecular weight is 426 g/mol. The van der Waals surface area contributed by atoms with Crippen molar-refractivity contribution in [3.05, 3.63) is 60.4 Å². The third-order valence-corrected chi connectivity index (χ3v) is 7.22. The number of amides is 1.